The molecule has 0 radical (unpaired) electrons. The molecule has 1 saturated heterocycles. The highest BCUT2D eigenvalue weighted by molar-refractivity contribution is 4.72. The van der Waals surface area contributed by atoms with E-state index in [0.29, 0.717) is 0 Å². The Bertz CT molecular complexity index is 157. The highest BCUT2D eigenvalue weighted by atomic mass is 15.1. The van der Waals surface area contributed by atoms with Gasteiger partial charge in [-0.05, 0) is 37.8 Å². The van der Waals surface area contributed by atoms with Crippen molar-refractivity contribution in [2.45, 2.75) is 65.7 Å². The van der Waals surface area contributed by atoms with E-state index in [9.17, 15) is 0 Å². The van der Waals surface area contributed by atoms with Crippen LogP contribution in [0.25, 0.3) is 0 Å². The molecule has 0 saturated carbocycles. The number of rotatable bonds is 7. The van der Waals surface area contributed by atoms with Gasteiger partial charge in [-0.25, -0.2) is 0 Å². The summed E-state index contributed by atoms with van der Waals surface area (Å²) < 4.78 is 0. The van der Waals surface area contributed by atoms with Gasteiger partial charge in [-0.3, -0.25) is 0 Å². The molecule has 0 amide bonds. The molecular weight excluding hydrogens is 194 g/mol. The smallest absolute Gasteiger partial charge is 0.000439 e. The molecule has 0 bridgehead atoms. The van der Waals surface area contributed by atoms with Crippen molar-refractivity contribution in [1.29, 1.82) is 0 Å². The van der Waals surface area contributed by atoms with E-state index in [1.165, 1.54) is 64.6 Å². The van der Waals surface area contributed by atoms with Crippen molar-refractivity contribution < 1.29 is 0 Å². The fourth-order valence-corrected chi connectivity index (χ4v) is 2.83. The monoisotopic (exact) mass is 225 g/mol. The molecule has 1 aliphatic heterocycles. The minimum atomic E-state index is 0.834. The lowest BCUT2D eigenvalue weighted by molar-refractivity contribution is 0.162. The van der Waals surface area contributed by atoms with Gasteiger partial charge in [-0.1, -0.05) is 52.9 Å². The summed E-state index contributed by atoms with van der Waals surface area (Å²) in [5, 5.41) is 0. The van der Waals surface area contributed by atoms with Crippen molar-refractivity contribution in [3.8, 4) is 0 Å². The van der Waals surface area contributed by atoms with Crippen molar-refractivity contribution in [1.82, 2.24) is 4.90 Å². The van der Waals surface area contributed by atoms with Crippen LogP contribution in [0.5, 0.6) is 0 Å². The molecule has 0 aromatic rings. The van der Waals surface area contributed by atoms with Gasteiger partial charge < -0.3 is 4.90 Å². The molecule has 0 aliphatic carbocycles. The van der Waals surface area contributed by atoms with Gasteiger partial charge >= 0.3 is 0 Å². The maximum Gasteiger partial charge on any atom is 0.000439 e. The minimum Gasteiger partial charge on any atom is -0.303 e. The van der Waals surface area contributed by atoms with Gasteiger partial charge in [-0.2, -0.15) is 0 Å². The number of hydrogen-bond acceptors (Lipinski definition) is 1. The van der Waals surface area contributed by atoms with Gasteiger partial charge in [0.05, 0.1) is 0 Å². The molecule has 0 aromatic carbocycles. The lowest BCUT2D eigenvalue weighted by Gasteiger charge is -2.33. The largest absolute Gasteiger partial charge is 0.303 e. The first-order valence-corrected chi connectivity index (χ1v) is 7.44. The lowest BCUT2D eigenvalue weighted by Crippen LogP contribution is -2.36. The highest BCUT2D eigenvalue weighted by Crippen LogP contribution is 2.23. The predicted molar refractivity (Wildman–Crippen MR) is 72.8 cm³/mol. The Morgan fingerprint density at radius 3 is 2.31 bits per heavy atom. The molecule has 0 N–H and O–H groups in total. The van der Waals surface area contributed by atoms with E-state index in [4.69, 9.17) is 0 Å². The molecule has 16 heavy (non-hydrogen) atoms. The Hall–Kier alpha value is -0.0400. The molecule has 1 heteroatoms. The summed E-state index contributed by atoms with van der Waals surface area (Å²) in [7, 11) is 0. The number of unbranched alkanes of at least 4 members (excludes halogenated alkanes) is 3. The Morgan fingerprint density at radius 2 is 1.75 bits per heavy atom. The van der Waals surface area contributed by atoms with Crippen LogP contribution in [0.1, 0.15) is 65.7 Å². The van der Waals surface area contributed by atoms with Gasteiger partial charge in [0.15, 0.2) is 0 Å². The van der Waals surface area contributed by atoms with Crippen LogP contribution in [0.2, 0.25) is 0 Å². The van der Waals surface area contributed by atoms with E-state index < -0.39 is 0 Å². The Balaban J connectivity index is 2.03. The standard InChI is InChI=1S/C15H31N/c1-4-5-6-7-8-15-9-11-16(12-10-15)13-14(2)3/h14-15H,4-13H2,1-3H3. The minimum absolute atomic E-state index is 0.834. The molecular formula is C15H31N. The SMILES string of the molecule is CCCCCCC1CCN(CC(C)C)CC1. The van der Waals surface area contributed by atoms with Crippen molar-refractivity contribution in [3.05, 3.63) is 0 Å². The molecule has 1 aliphatic rings. The van der Waals surface area contributed by atoms with Crippen LogP contribution in [-0.2, 0) is 0 Å². The summed E-state index contributed by atoms with van der Waals surface area (Å²) in [6.07, 6.45) is 10.2. The van der Waals surface area contributed by atoms with E-state index in [1.54, 1.807) is 0 Å². The Morgan fingerprint density at radius 1 is 1.06 bits per heavy atom. The summed E-state index contributed by atoms with van der Waals surface area (Å²) in [4.78, 5) is 2.66. The van der Waals surface area contributed by atoms with Gasteiger partial charge in [0, 0.05) is 6.54 Å². The van der Waals surface area contributed by atoms with Gasteiger partial charge in [0.25, 0.3) is 0 Å². The predicted octanol–water partition coefficient (Wildman–Crippen LogP) is 4.32. The fourth-order valence-electron chi connectivity index (χ4n) is 2.83. The summed E-state index contributed by atoms with van der Waals surface area (Å²) in [5.41, 5.74) is 0. The second kappa shape index (κ2) is 8.11. The Kier molecular flexibility index (Phi) is 7.11. The van der Waals surface area contributed by atoms with E-state index in [0.717, 1.165) is 11.8 Å². The number of likely N-dealkylation sites (tertiary alicyclic amines) is 1. The van der Waals surface area contributed by atoms with E-state index in [1.807, 2.05) is 0 Å². The molecule has 1 rings (SSSR count). The van der Waals surface area contributed by atoms with Crippen molar-refractivity contribution in [2.75, 3.05) is 19.6 Å². The van der Waals surface area contributed by atoms with Crippen LogP contribution >= 0.6 is 0 Å². The summed E-state index contributed by atoms with van der Waals surface area (Å²) in [6, 6.07) is 0. The quantitative estimate of drug-likeness (QED) is 0.583. The molecule has 96 valence electrons. The van der Waals surface area contributed by atoms with Gasteiger partial charge in [-0.15, -0.1) is 0 Å². The summed E-state index contributed by atoms with van der Waals surface area (Å²) in [6.45, 7) is 11.0. The zero-order valence-electron chi connectivity index (χ0n) is 11.7. The van der Waals surface area contributed by atoms with Crippen LogP contribution in [0, 0.1) is 11.8 Å². The normalized spacial score (nSPS) is 19.5. The lowest BCUT2D eigenvalue weighted by atomic mass is 9.91. The van der Waals surface area contributed by atoms with Crippen molar-refractivity contribution in [3.63, 3.8) is 0 Å². The van der Waals surface area contributed by atoms with Crippen LogP contribution in [0.3, 0.4) is 0 Å². The zero-order valence-corrected chi connectivity index (χ0v) is 11.7. The van der Waals surface area contributed by atoms with E-state index >= 15 is 0 Å². The summed E-state index contributed by atoms with van der Waals surface area (Å²) in [5.74, 6) is 1.88. The van der Waals surface area contributed by atoms with E-state index in [-0.39, 0.29) is 0 Å². The fraction of sp³-hybridized carbons (Fsp3) is 1.00. The first kappa shape index (κ1) is 14.0. The average Bonchev–Trinajstić information content (AvgIpc) is 2.26. The van der Waals surface area contributed by atoms with Crippen LogP contribution in [0.15, 0.2) is 0 Å². The highest BCUT2D eigenvalue weighted by Gasteiger charge is 2.18. The number of hydrogen-bond donors (Lipinski definition) is 0. The first-order chi connectivity index (χ1) is 7.72. The third-order valence-corrected chi connectivity index (χ3v) is 3.80. The van der Waals surface area contributed by atoms with Crippen LogP contribution < -0.4 is 0 Å². The second-order valence-corrected chi connectivity index (χ2v) is 5.99. The first-order valence-electron chi connectivity index (χ1n) is 7.44. The molecule has 0 atom stereocenters. The molecule has 1 fully saturated rings. The second-order valence-electron chi connectivity index (χ2n) is 5.99. The maximum absolute atomic E-state index is 2.66. The third kappa shape index (κ3) is 5.89. The number of piperidine rings is 1. The number of nitrogens with zero attached hydrogens (tertiary/aromatic N) is 1. The van der Waals surface area contributed by atoms with Gasteiger partial charge in [0.2, 0.25) is 0 Å². The average molecular weight is 225 g/mol. The zero-order chi connectivity index (χ0) is 11.8. The molecule has 0 aromatic heterocycles. The summed E-state index contributed by atoms with van der Waals surface area (Å²) >= 11 is 0. The molecule has 1 heterocycles. The maximum atomic E-state index is 2.66. The van der Waals surface area contributed by atoms with Crippen LogP contribution in [0.4, 0.5) is 0 Å². The molecule has 1 nitrogen and oxygen atoms in total. The van der Waals surface area contributed by atoms with Crippen molar-refractivity contribution >= 4 is 0 Å². The molecule has 0 spiro atoms. The van der Waals surface area contributed by atoms with Gasteiger partial charge in [0.1, 0.15) is 0 Å². The van der Waals surface area contributed by atoms with Crippen molar-refractivity contribution in [2.24, 2.45) is 11.8 Å². The molecule has 0 unspecified atom stereocenters. The topological polar surface area (TPSA) is 3.24 Å². The van der Waals surface area contributed by atoms with E-state index in [2.05, 4.69) is 25.7 Å². The van der Waals surface area contributed by atoms with Crippen LogP contribution in [-0.4, -0.2) is 24.5 Å². The Labute approximate surface area is 103 Å². The third-order valence-electron chi connectivity index (χ3n) is 3.80.